The van der Waals surface area contributed by atoms with Crippen LogP contribution in [0.1, 0.15) is 18.7 Å². The summed E-state index contributed by atoms with van der Waals surface area (Å²) in [6.45, 7) is 2.49. The van der Waals surface area contributed by atoms with Gasteiger partial charge in [0.1, 0.15) is 12.2 Å². The minimum Gasteiger partial charge on any atom is -0.469 e. The molecule has 0 saturated carbocycles. The molecule has 1 aromatic heterocycles. The number of aryl methyl sites for hydroxylation is 1. The van der Waals surface area contributed by atoms with Gasteiger partial charge < -0.3 is 4.74 Å². The summed E-state index contributed by atoms with van der Waals surface area (Å²) in [6, 6.07) is 0. The maximum Gasteiger partial charge on any atom is 0.309 e. The molecule has 0 amide bonds. The Kier molecular flexibility index (Phi) is 3.73. The number of likely N-dealkylation sites (tertiary alicyclic amines) is 1. The van der Waals surface area contributed by atoms with Crippen LogP contribution >= 0.6 is 0 Å². The van der Waals surface area contributed by atoms with E-state index in [1.165, 1.54) is 7.11 Å². The first-order chi connectivity index (χ1) is 8.20. The topological polar surface area (TPSA) is 60.2 Å². The van der Waals surface area contributed by atoms with Crippen LogP contribution in [0.3, 0.4) is 0 Å². The van der Waals surface area contributed by atoms with Crippen molar-refractivity contribution in [1.29, 1.82) is 0 Å². The molecule has 0 aromatic carbocycles. The molecule has 94 valence electrons. The van der Waals surface area contributed by atoms with E-state index < -0.39 is 0 Å². The van der Waals surface area contributed by atoms with Gasteiger partial charge in [-0.15, -0.1) is 0 Å². The summed E-state index contributed by atoms with van der Waals surface area (Å²) in [5, 5.41) is 4.04. The average Bonchev–Trinajstić information content (AvgIpc) is 2.74. The molecule has 0 radical (unpaired) electrons. The number of piperidine rings is 1. The van der Waals surface area contributed by atoms with Crippen molar-refractivity contribution in [3.05, 3.63) is 12.2 Å². The zero-order valence-corrected chi connectivity index (χ0v) is 10.3. The van der Waals surface area contributed by atoms with Crippen molar-refractivity contribution in [3.63, 3.8) is 0 Å². The van der Waals surface area contributed by atoms with Gasteiger partial charge in [0.15, 0.2) is 0 Å². The quantitative estimate of drug-likeness (QED) is 0.704. The van der Waals surface area contributed by atoms with Crippen molar-refractivity contribution >= 4 is 5.97 Å². The van der Waals surface area contributed by atoms with Crippen LogP contribution in [0.15, 0.2) is 6.33 Å². The van der Waals surface area contributed by atoms with Crippen molar-refractivity contribution in [1.82, 2.24) is 19.7 Å². The second kappa shape index (κ2) is 5.27. The van der Waals surface area contributed by atoms with Gasteiger partial charge in [-0.3, -0.25) is 14.4 Å². The predicted molar refractivity (Wildman–Crippen MR) is 61.0 cm³/mol. The van der Waals surface area contributed by atoms with Crippen LogP contribution in [0.25, 0.3) is 0 Å². The maximum atomic E-state index is 11.5. The first-order valence-corrected chi connectivity index (χ1v) is 5.83. The summed E-state index contributed by atoms with van der Waals surface area (Å²) in [5.41, 5.74) is 0. The van der Waals surface area contributed by atoms with E-state index in [0.717, 1.165) is 38.3 Å². The van der Waals surface area contributed by atoms with E-state index in [1.807, 2.05) is 7.05 Å². The Balaban J connectivity index is 1.94. The van der Waals surface area contributed by atoms with Crippen LogP contribution in [0.5, 0.6) is 0 Å². The number of rotatable bonds is 3. The molecule has 1 saturated heterocycles. The van der Waals surface area contributed by atoms with Crippen molar-refractivity contribution < 1.29 is 9.53 Å². The Morgan fingerprint density at radius 3 is 3.12 bits per heavy atom. The van der Waals surface area contributed by atoms with Gasteiger partial charge in [0, 0.05) is 13.6 Å². The minimum atomic E-state index is -0.104. The Morgan fingerprint density at radius 1 is 1.65 bits per heavy atom. The molecule has 6 heteroatoms. The summed E-state index contributed by atoms with van der Waals surface area (Å²) in [5.74, 6) is 0.824. The molecular weight excluding hydrogens is 220 g/mol. The minimum absolute atomic E-state index is 0.00183. The Hall–Kier alpha value is -1.43. The smallest absolute Gasteiger partial charge is 0.309 e. The second-order valence-corrected chi connectivity index (χ2v) is 4.40. The normalized spacial score (nSPS) is 21.4. The number of hydrogen-bond donors (Lipinski definition) is 0. The lowest BCUT2D eigenvalue weighted by Crippen LogP contribution is -2.39. The Labute approximate surface area is 101 Å². The highest BCUT2D eigenvalue weighted by Gasteiger charge is 2.26. The van der Waals surface area contributed by atoms with Gasteiger partial charge in [-0.25, -0.2) is 4.98 Å². The molecule has 1 fully saturated rings. The average molecular weight is 238 g/mol. The van der Waals surface area contributed by atoms with Gasteiger partial charge in [-0.05, 0) is 19.4 Å². The number of aromatic nitrogens is 3. The molecule has 0 spiro atoms. The third-order valence-corrected chi connectivity index (χ3v) is 3.21. The van der Waals surface area contributed by atoms with Crippen molar-refractivity contribution in [2.45, 2.75) is 19.4 Å². The molecule has 2 heterocycles. The van der Waals surface area contributed by atoms with E-state index in [4.69, 9.17) is 4.74 Å². The van der Waals surface area contributed by atoms with Crippen LogP contribution in [-0.4, -0.2) is 45.8 Å². The van der Waals surface area contributed by atoms with E-state index in [1.54, 1.807) is 11.0 Å². The highest BCUT2D eigenvalue weighted by Crippen LogP contribution is 2.18. The van der Waals surface area contributed by atoms with Gasteiger partial charge in [-0.1, -0.05) is 0 Å². The largest absolute Gasteiger partial charge is 0.469 e. The maximum absolute atomic E-state index is 11.5. The van der Waals surface area contributed by atoms with Gasteiger partial charge in [0.2, 0.25) is 0 Å². The Bertz CT molecular complexity index is 391. The first-order valence-electron chi connectivity index (χ1n) is 5.83. The molecule has 1 aliphatic rings. The molecule has 1 aliphatic heterocycles. The fraction of sp³-hybridized carbons (Fsp3) is 0.727. The predicted octanol–water partition coefficient (Wildman–Crippen LogP) is 0.200. The molecule has 1 aromatic rings. The van der Waals surface area contributed by atoms with Gasteiger partial charge >= 0.3 is 5.97 Å². The third kappa shape index (κ3) is 2.82. The van der Waals surface area contributed by atoms with Crippen LogP contribution in [0.2, 0.25) is 0 Å². The number of esters is 1. The first kappa shape index (κ1) is 12.0. The number of methoxy groups -OCH3 is 1. The number of nitrogens with zero attached hydrogens (tertiary/aromatic N) is 4. The SMILES string of the molecule is COC(=O)[C@H]1CCCN(Cc2ncnn2C)C1. The monoisotopic (exact) mass is 238 g/mol. The second-order valence-electron chi connectivity index (χ2n) is 4.40. The number of hydrogen-bond acceptors (Lipinski definition) is 5. The molecule has 1 atom stereocenters. The number of carbonyl (C=O) groups excluding carboxylic acids is 1. The molecule has 0 unspecified atom stereocenters. The van der Waals surface area contributed by atoms with Gasteiger partial charge in [-0.2, -0.15) is 5.10 Å². The van der Waals surface area contributed by atoms with Crippen LogP contribution in [0, 0.1) is 5.92 Å². The Morgan fingerprint density at radius 2 is 2.47 bits per heavy atom. The zero-order chi connectivity index (χ0) is 12.3. The highest BCUT2D eigenvalue weighted by molar-refractivity contribution is 5.72. The molecular formula is C11H18N4O2. The summed E-state index contributed by atoms with van der Waals surface area (Å²) in [7, 11) is 3.33. The lowest BCUT2D eigenvalue weighted by molar-refractivity contribution is -0.147. The summed E-state index contributed by atoms with van der Waals surface area (Å²) in [4.78, 5) is 17.9. The lowest BCUT2D eigenvalue weighted by atomic mass is 9.98. The molecule has 0 bridgehead atoms. The molecule has 0 N–H and O–H groups in total. The van der Waals surface area contributed by atoms with E-state index in [2.05, 4.69) is 15.0 Å². The highest BCUT2D eigenvalue weighted by atomic mass is 16.5. The fourth-order valence-corrected chi connectivity index (χ4v) is 2.22. The van der Waals surface area contributed by atoms with E-state index in [-0.39, 0.29) is 11.9 Å². The van der Waals surface area contributed by atoms with Crippen molar-refractivity contribution in [3.8, 4) is 0 Å². The zero-order valence-electron chi connectivity index (χ0n) is 10.3. The summed E-state index contributed by atoms with van der Waals surface area (Å²) >= 11 is 0. The van der Waals surface area contributed by atoms with Crippen LogP contribution in [0.4, 0.5) is 0 Å². The summed E-state index contributed by atoms with van der Waals surface area (Å²) < 4.78 is 6.56. The van der Waals surface area contributed by atoms with E-state index in [9.17, 15) is 4.79 Å². The summed E-state index contributed by atoms with van der Waals surface area (Å²) in [6.07, 6.45) is 3.50. The molecule has 6 nitrogen and oxygen atoms in total. The van der Waals surface area contributed by atoms with Gasteiger partial charge in [0.25, 0.3) is 0 Å². The van der Waals surface area contributed by atoms with Gasteiger partial charge in [0.05, 0.1) is 19.6 Å². The van der Waals surface area contributed by atoms with E-state index in [0.29, 0.717) is 0 Å². The number of carbonyl (C=O) groups is 1. The third-order valence-electron chi connectivity index (χ3n) is 3.21. The van der Waals surface area contributed by atoms with Crippen LogP contribution in [-0.2, 0) is 23.1 Å². The molecule has 2 rings (SSSR count). The fourth-order valence-electron chi connectivity index (χ4n) is 2.22. The molecule has 0 aliphatic carbocycles. The van der Waals surface area contributed by atoms with Crippen molar-refractivity contribution in [2.24, 2.45) is 13.0 Å². The van der Waals surface area contributed by atoms with Crippen LogP contribution < -0.4 is 0 Å². The van der Waals surface area contributed by atoms with E-state index >= 15 is 0 Å². The molecule has 17 heavy (non-hydrogen) atoms. The standard InChI is InChI=1S/C11H18N4O2/c1-14-10(12-8-13-14)7-15-5-3-4-9(6-15)11(16)17-2/h8-9H,3-7H2,1-2H3/t9-/m0/s1. The van der Waals surface area contributed by atoms with Crippen molar-refractivity contribution in [2.75, 3.05) is 20.2 Å². The number of ether oxygens (including phenoxy) is 1. The lowest BCUT2D eigenvalue weighted by Gasteiger charge is -2.30.